The molecule has 0 saturated heterocycles. The van der Waals surface area contributed by atoms with Gasteiger partial charge in [-0.25, -0.2) is 4.98 Å². The molecule has 1 aromatic carbocycles. The summed E-state index contributed by atoms with van der Waals surface area (Å²) in [5.74, 6) is 0.625. The van der Waals surface area contributed by atoms with Crippen LogP contribution in [0.15, 0.2) is 45.2 Å². The zero-order valence-corrected chi connectivity index (χ0v) is 13.5. The van der Waals surface area contributed by atoms with E-state index < -0.39 is 0 Å². The van der Waals surface area contributed by atoms with Gasteiger partial charge in [-0.15, -0.1) is 0 Å². The highest BCUT2D eigenvalue weighted by atomic mass is 32.2. The summed E-state index contributed by atoms with van der Waals surface area (Å²) in [7, 11) is 0. The minimum absolute atomic E-state index is 0.111. The molecule has 112 valence electrons. The van der Waals surface area contributed by atoms with Gasteiger partial charge in [0.05, 0.1) is 0 Å². The molecular formula is C16H21N3OS. The summed E-state index contributed by atoms with van der Waals surface area (Å²) in [6, 6.07) is 9.69. The van der Waals surface area contributed by atoms with Crippen molar-refractivity contribution in [2.75, 3.05) is 6.54 Å². The molecule has 0 aliphatic heterocycles. The van der Waals surface area contributed by atoms with Crippen molar-refractivity contribution in [1.29, 1.82) is 0 Å². The van der Waals surface area contributed by atoms with E-state index in [2.05, 4.69) is 41.3 Å². The van der Waals surface area contributed by atoms with E-state index in [1.54, 1.807) is 0 Å². The number of H-pyrrole nitrogens is 1. The van der Waals surface area contributed by atoms with Crippen LogP contribution in [0.2, 0.25) is 0 Å². The molecule has 4 nitrogen and oxygen atoms in total. The largest absolute Gasteiger partial charge is 0.312 e. The van der Waals surface area contributed by atoms with Crippen molar-refractivity contribution in [3.63, 3.8) is 0 Å². The second kappa shape index (κ2) is 7.43. The van der Waals surface area contributed by atoms with E-state index in [4.69, 9.17) is 0 Å². The van der Waals surface area contributed by atoms with Crippen molar-refractivity contribution in [2.45, 2.75) is 37.4 Å². The molecule has 0 aliphatic carbocycles. The van der Waals surface area contributed by atoms with E-state index in [0.29, 0.717) is 11.1 Å². The van der Waals surface area contributed by atoms with Gasteiger partial charge in [-0.2, -0.15) is 0 Å². The molecule has 2 N–H and O–H groups in total. The van der Waals surface area contributed by atoms with Crippen molar-refractivity contribution in [3.8, 4) is 0 Å². The topological polar surface area (TPSA) is 57.8 Å². The second-order valence-corrected chi connectivity index (χ2v) is 6.46. The summed E-state index contributed by atoms with van der Waals surface area (Å²) in [5, 5.41) is 4.08. The van der Waals surface area contributed by atoms with Gasteiger partial charge in [-0.05, 0) is 31.0 Å². The van der Waals surface area contributed by atoms with Gasteiger partial charge >= 0.3 is 0 Å². The van der Waals surface area contributed by atoms with Gasteiger partial charge < -0.3 is 10.3 Å². The molecule has 0 radical (unpaired) electrons. The Hall–Kier alpha value is -1.59. The first-order chi connectivity index (χ1) is 10.0. The van der Waals surface area contributed by atoms with Crippen LogP contribution in [-0.4, -0.2) is 16.5 Å². The minimum atomic E-state index is -0.111. The lowest BCUT2D eigenvalue weighted by atomic mass is 10.2. The maximum absolute atomic E-state index is 11.5. The first-order valence-corrected chi connectivity index (χ1v) is 7.90. The molecule has 1 aromatic heterocycles. The molecule has 0 bridgehead atoms. The molecule has 0 atom stereocenters. The smallest absolute Gasteiger partial charge is 0.251 e. The fourth-order valence-electron chi connectivity index (χ4n) is 1.95. The van der Waals surface area contributed by atoms with Crippen LogP contribution in [0, 0.1) is 12.8 Å². The minimum Gasteiger partial charge on any atom is -0.312 e. The fraction of sp³-hybridized carbons (Fsp3) is 0.375. The Labute approximate surface area is 129 Å². The summed E-state index contributed by atoms with van der Waals surface area (Å²) in [6.07, 6.45) is 0. The lowest BCUT2D eigenvalue weighted by molar-refractivity contribution is 0.550. The van der Waals surface area contributed by atoms with Gasteiger partial charge in [0.2, 0.25) is 0 Å². The third-order valence-corrected chi connectivity index (χ3v) is 3.90. The zero-order chi connectivity index (χ0) is 15.2. The molecule has 21 heavy (non-hydrogen) atoms. The molecule has 1 heterocycles. The lowest BCUT2D eigenvalue weighted by Gasteiger charge is -2.11. The molecule has 0 fully saturated rings. The molecule has 2 rings (SSSR count). The Bertz CT molecular complexity index is 652. The second-order valence-electron chi connectivity index (χ2n) is 5.43. The average Bonchev–Trinajstić information content (AvgIpc) is 2.39. The highest BCUT2D eigenvalue weighted by Gasteiger charge is 2.06. The monoisotopic (exact) mass is 303 g/mol. The van der Waals surface area contributed by atoms with Crippen molar-refractivity contribution in [1.82, 2.24) is 15.3 Å². The van der Waals surface area contributed by atoms with E-state index in [0.717, 1.165) is 23.7 Å². The number of aryl methyl sites for hydroxylation is 1. The predicted octanol–water partition coefficient (Wildman–Crippen LogP) is 2.98. The van der Waals surface area contributed by atoms with E-state index in [1.165, 1.54) is 23.4 Å². The number of hydrogen-bond acceptors (Lipinski definition) is 4. The van der Waals surface area contributed by atoms with Crippen molar-refractivity contribution >= 4 is 11.8 Å². The highest BCUT2D eigenvalue weighted by molar-refractivity contribution is 7.99. The van der Waals surface area contributed by atoms with E-state index in [-0.39, 0.29) is 5.56 Å². The van der Waals surface area contributed by atoms with Crippen LogP contribution in [0.3, 0.4) is 0 Å². The first-order valence-electron chi connectivity index (χ1n) is 7.09. The van der Waals surface area contributed by atoms with E-state index >= 15 is 0 Å². The maximum atomic E-state index is 11.5. The number of hydrogen-bond donors (Lipinski definition) is 2. The molecule has 0 amide bonds. The summed E-state index contributed by atoms with van der Waals surface area (Å²) < 4.78 is 0. The number of nitrogens with one attached hydrogen (secondary N) is 2. The highest BCUT2D eigenvalue weighted by Crippen LogP contribution is 2.27. The molecule has 0 unspecified atom stereocenters. The molecular weight excluding hydrogens is 282 g/mol. The van der Waals surface area contributed by atoms with Crippen LogP contribution < -0.4 is 10.9 Å². The Morgan fingerprint density at radius 2 is 2.10 bits per heavy atom. The van der Waals surface area contributed by atoms with Gasteiger partial charge in [0.25, 0.3) is 5.56 Å². The standard InChI is InChI=1S/C16H21N3OS/c1-11(2)9-17-10-13-6-4-5-7-14(13)21-16-18-12(3)8-15(20)19-16/h4-8,11,17H,9-10H2,1-3H3,(H,18,19,20). The number of nitrogens with zero attached hydrogens (tertiary/aromatic N) is 1. The zero-order valence-electron chi connectivity index (χ0n) is 12.6. The third kappa shape index (κ3) is 5.02. The Kier molecular flexibility index (Phi) is 5.59. The summed E-state index contributed by atoms with van der Waals surface area (Å²) in [6.45, 7) is 8.01. The summed E-state index contributed by atoms with van der Waals surface area (Å²) in [4.78, 5) is 19.8. The summed E-state index contributed by atoms with van der Waals surface area (Å²) >= 11 is 1.49. The van der Waals surface area contributed by atoms with Crippen LogP contribution in [-0.2, 0) is 6.54 Å². The van der Waals surface area contributed by atoms with Crippen LogP contribution in [0.4, 0.5) is 0 Å². The predicted molar refractivity (Wildman–Crippen MR) is 86.7 cm³/mol. The van der Waals surface area contributed by atoms with Crippen molar-refractivity contribution < 1.29 is 0 Å². The normalized spacial score (nSPS) is 11.0. The van der Waals surface area contributed by atoms with Crippen LogP contribution in [0.1, 0.15) is 25.1 Å². The van der Waals surface area contributed by atoms with E-state index in [9.17, 15) is 4.79 Å². The van der Waals surface area contributed by atoms with Crippen molar-refractivity contribution in [3.05, 3.63) is 51.9 Å². The average molecular weight is 303 g/mol. The molecule has 0 saturated carbocycles. The molecule has 0 aliphatic rings. The fourth-order valence-corrected chi connectivity index (χ4v) is 2.92. The van der Waals surface area contributed by atoms with Gasteiger partial charge in [-0.1, -0.05) is 43.8 Å². The van der Waals surface area contributed by atoms with Crippen LogP contribution >= 0.6 is 11.8 Å². The van der Waals surface area contributed by atoms with Gasteiger partial charge in [0.1, 0.15) is 0 Å². The number of aromatic nitrogens is 2. The van der Waals surface area contributed by atoms with Gasteiger partial charge in [0, 0.05) is 23.2 Å². The van der Waals surface area contributed by atoms with E-state index in [1.807, 2.05) is 19.1 Å². The Balaban J connectivity index is 2.14. The van der Waals surface area contributed by atoms with Gasteiger partial charge in [0.15, 0.2) is 5.16 Å². The van der Waals surface area contributed by atoms with Crippen LogP contribution in [0.5, 0.6) is 0 Å². The third-order valence-electron chi connectivity index (χ3n) is 2.90. The van der Waals surface area contributed by atoms with Gasteiger partial charge in [-0.3, -0.25) is 4.79 Å². The van der Waals surface area contributed by atoms with Crippen molar-refractivity contribution in [2.24, 2.45) is 5.92 Å². The molecule has 5 heteroatoms. The first kappa shape index (κ1) is 15.8. The number of rotatable bonds is 6. The quantitative estimate of drug-likeness (QED) is 0.806. The Morgan fingerprint density at radius 3 is 2.81 bits per heavy atom. The SMILES string of the molecule is Cc1cc(=O)[nH]c(Sc2ccccc2CNCC(C)C)n1. The Morgan fingerprint density at radius 1 is 1.33 bits per heavy atom. The van der Waals surface area contributed by atoms with Crippen LogP contribution in [0.25, 0.3) is 0 Å². The lowest BCUT2D eigenvalue weighted by Crippen LogP contribution is -2.19. The number of aromatic amines is 1. The molecule has 2 aromatic rings. The number of benzene rings is 1. The summed E-state index contributed by atoms with van der Waals surface area (Å²) in [5.41, 5.74) is 1.84. The maximum Gasteiger partial charge on any atom is 0.251 e. The molecule has 0 spiro atoms.